The van der Waals surface area contributed by atoms with Crippen LogP contribution in [-0.4, -0.2) is 55.9 Å². The summed E-state index contributed by atoms with van der Waals surface area (Å²) in [5.74, 6) is 0.330. The highest BCUT2D eigenvalue weighted by Gasteiger charge is 2.31. The molecule has 0 bridgehead atoms. The first-order chi connectivity index (χ1) is 8.48. The van der Waals surface area contributed by atoms with Crippen molar-refractivity contribution in [3.8, 4) is 0 Å². The lowest BCUT2D eigenvalue weighted by molar-refractivity contribution is -0.132. The minimum atomic E-state index is -2.94. The van der Waals surface area contributed by atoms with Crippen LogP contribution in [0.2, 0.25) is 0 Å². The fraction of sp³-hybridized carbons (Fsp3) is 0.917. The van der Waals surface area contributed by atoms with Crippen molar-refractivity contribution in [2.24, 2.45) is 0 Å². The summed E-state index contributed by atoms with van der Waals surface area (Å²) in [5, 5.41) is 3.37. The average Bonchev–Trinajstić information content (AvgIpc) is 2.77. The second kappa shape index (κ2) is 5.57. The van der Waals surface area contributed by atoms with Gasteiger partial charge in [0.05, 0.1) is 11.5 Å². The molecule has 0 spiro atoms. The standard InChI is InChI=1S/C12H22N2O3S/c1-10-9-18(16,17)8-7-14(10)12(15)5-4-11-3-2-6-13-11/h10-11,13H,2-9H2,1H3. The molecule has 2 atom stereocenters. The maximum Gasteiger partial charge on any atom is 0.222 e. The van der Waals surface area contributed by atoms with Gasteiger partial charge in [0.25, 0.3) is 0 Å². The minimum Gasteiger partial charge on any atom is -0.338 e. The highest BCUT2D eigenvalue weighted by atomic mass is 32.2. The number of carbonyl (C=O) groups is 1. The lowest BCUT2D eigenvalue weighted by Gasteiger charge is -2.33. The Morgan fingerprint density at radius 3 is 2.83 bits per heavy atom. The van der Waals surface area contributed by atoms with Crippen molar-refractivity contribution in [3.05, 3.63) is 0 Å². The Morgan fingerprint density at radius 2 is 2.22 bits per heavy atom. The molecule has 6 heteroatoms. The van der Waals surface area contributed by atoms with Gasteiger partial charge in [-0.1, -0.05) is 0 Å². The number of carbonyl (C=O) groups excluding carboxylic acids is 1. The summed E-state index contributed by atoms with van der Waals surface area (Å²) >= 11 is 0. The van der Waals surface area contributed by atoms with Gasteiger partial charge in [-0.25, -0.2) is 8.42 Å². The van der Waals surface area contributed by atoms with E-state index >= 15 is 0 Å². The Balaban J connectivity index is 1.81. The van der Waals surface area contributed by atoms with Gasteiger partial charge in [0, 0.05) is 25.0 Å². The molecule has 2 unspecified atom stereocenters. The smallest absolute Gasteiger partial charge is 0.222 e. The number of nitrogens with zero attached hydrogens (tertiary/aromatic N) is 1. The number of nitrogens with one attached hydrogen (secondary N) is 1. The van der Waals surface area contributed by atoms with Crippen LogP contribution in [-0.2, 0) is 14.6 Å². The maximum atomic E-state index is 12.1. The predicted molar refractivity (Wildman–Crippen MR) is 70.1 cm³/mol. The SMILES string of the molecule is CC1CS(=O)(=O)CCN1C(=O)CCC1CCCN1. The molecule has 2 saturated heterocycles. The fourth-order valence-corrected chi connectivity index (χ4v) is 4.37. The monoisotopic (exact) mass is 274 g/mol. The van der Waals surface area contributed by atoms with Gasteiger partial charge >= 0.3 is 0 Å². The number of amides is 1. The van der Waals surface area contributed by atoms with Gasteiger partial charge in [-0.2, -0.15) is 0 Å². The molecule has 0 aliphatic carbocycles. The van der Waals surface area contributed by atoms with Gasteiger partial charge in [-0.05, 0) is 32.7 Å². The van der Waals surface area contributed by atoms with Crippen LogP contribution in [0.1, 0.15) is 32.6 Å². The van der Waals surface area contributed by atoms with Crippen LogP contribution in [0.5, 0.6) is 0 Å². The Morgan fingerprint density at radius 1 is 1.44 bits per heavy atom. The molecular weight excluding hydrogens is 252 g/mol. The Labute approximate surface area is 109 Å². The molecule has 2 rings (SSSR count). The first kappa shape index (κ1) is 13.8. The summed E-state index contributed by atoms with van der Waals surface area (Å²) in [5.41, 5.74) is 0. The van der Waals surface area contributed by atoms with Crippen molar-refractivity contribution in [1.29, 1.82) is 0 Å². The molecule has 0 aromatic rings. The van der Waals surface area contributed by atoms with E-state index in [1.54, 1.807) is 4.90 Å². The van der Waals surface area contributed by atoms with Gasteiger partial charge in [0.15, 0.2) is 9.84 Å². The van der Waals surface area contributed by atoms with Crippen LogP contribution in [0.3, 0.4) is 0 Å². The van der Waals surface area contributed by atoms with E-state index in [0.29, 0.717) is 19.0 Å². The van der Waals surface area contributed by atoms with Gasteiger partial charge < -0.3 is 10.2 Å². The summed E-state index contributed by atoms with van der Waals surface area (Å²) in [4.78, 5) is 13.8. The Bertz CT molecular complexity index is 402. The van der Waals surface area contributed by atoms with E-state index in [9.17, 15) is 13.2 Å². The Kier molecular flexibility index (Phi) is 4.27. The fourth-order valence-electron chi connectivity index (χ4n) is 2.81. The number of hydrogen-bond donors (Lipinski definition) is 1. The molecule has 104 valence electrons. The second-order valence-corrected chi connectivity index (χ2v) is 7.61. The number of sulfone groups is 1. The van der Waals surface area contributed by atoms with Crippen LogP contribution in [0, 0.1) is 0 Å². The van der Waals surface area contributed by atoms with Crippen molar-refractivity contribution in [2.75, 3.05) is 24.6 Å². The van der Waals surface area contributed by atoms with E-state index in [0.717, 1.165) is 19.4 Å². The number of hydrogen-bond acceptors (Lipinski definition) is 4. The third kappa shape index (κ3) is 3.45. The highest BCUT2D eigenvalue weighted by Crippen LogP contribution is 2.16. The molecule has 2 aliphatic heterocycles. The summed E-state index contributed by atoms with van der Waals surface area (Å²) in [6, 6.07) is 0.297. The van der Waals surface area contributed by atoms with E-state index < -0.39 is 9.84 Å². The zero-order chi connectivity index (χ0) is 13.2. The summed E-state index contributed by atoms with van der Waals surface area (Å²) in [6.07, 6.45) is 3.74. The van der Waals surface area contributed by atoms with Crippen molar-refractivity contribution < 1.29 is 13.2 Å². The van der Waals surface area contributed by atoms with Gasteiger partial charge in [-0.15, -0.1) is 0 Å². The molecule has 5 nitrogen and oxygen atoms in total. The normalized spacial score (nSPS) is 31.5. The topological polar surface area (TPSA) is 66.5 Å². The number of rotatable bonds is 3. The van der Waals surface area contributed by atoms with Crippen LogP contribution in [0.4, 0.5) is 0 Å². The van der Waals surface area contributed by atoms with Crippen LogP contribution < -0.4 is 5.32 Å². The molecule has 0 saturated carbocycles. The maximum absolute atomic E-state index is 12.1. The molecule has 18 heavy (non-hydrogen) atoms. The molecule has 0 radical (unpaired) electrons. The predicted octanol–water partition coefficient (Wildman–Crippen LogP) is 0.164. The third-order valence-electron chi connectivity index (χ3n) is 3.86. The highest BCUT2D eigenvalue weighted by molar-refractivity contribution is 7.91. The van der Waals surface area contributed by atoms with Gasteiger partial charge in [0.2, 0.25) is 5.91 Å². The van der Waals surface area contributed by atoms with Crippen LogP contribution >= 0.6 is 0 Å². The third-order valence-corrected chi connectivity index (χ3v) is 5.65. The molecule has 1 N–H and O–H groups in total. The van der Waals surface area contributed by atoms with E-state index in [4.69, 9.17) is 0 Å². The van der Waals surface area contributed by atoms with Crippen molar-refractivity contribution >= 4 is 15.7 Å². The molecule has 2 heterocycles. The first-order valence-corrected chi connectivity index (χ1v) is 8.53. The van der Waals surface area contributed by atoms with Crippen molar-refractivity contribution in [1.82, 2.24) is 10.2 Å². The summed E-state index contributed by atoms with van der Waals surface area (Å²) in [6.45, 7) is 3.24. The molecule has 2 aliphatic rings. The summed E-state index contributed by atoms with van der Waals surface area (Å²) < 4.78 is 22.9. The molecular formula is C12H22N2O3S. The van der Waals surface area contributed by atoms with Gasteiger partial charge in [0.1, 0.15) is 0 Å². The quantitative estimate of drug-likeness (QED) is 0.796. The average molecular weight is 274 g/mol. The van der Waals surface area contributed by atoms with Crippen LogP contribution in [0.25, 0.3) is 0 Å². The minimum absolute atomic E-state index is 0.103. The zero-order valence-corrected chi connectivity index (χ0v) is 11.7. The van der Waals surface area contributed by atoms with E-state index in [1.165, 1.54) is 6.42 Å². The Hall–Kier alpha value is -0.620. The van der Waals surface area contributed by atoms with E-state index in [-0.39, 0.29) is 23.5 Å². The second-order valence-electron chi connectivity index (χ2n) is 5.38. The lowest BCUT2D eigenvalue weighted by Crippen LogP contribution is -2.49. The van der Waals surface area contributed by atoms with E-state index in [1.807, 2.05) is 6.92 Å². The molecule has 2 fully saturated rings. The molecule has 0 aromatic carbocycles. The lowest BCUT2D eigenvalue weighted by atomic mass is 10.1. The van der Waals surface area contributed by atoms with Gasteiger partial charge in [-0.3, -0.25) is 4.79 Å². The van der Waals surface area contributed by atoms with E-state index in [2.05, 4.69) is 5.32 Å². The van der Waals surface area contributed by atoms with Crippen LogP contribution in [0.15, 0.2) is 0 Å². The van der Waals surface area contributed by atoms with Crippen molar-refractivity contribution in [3.63, 3.8) is 0 Å². The zero-order valence-electron chi connectivity index (χ0n) is 10.9. The molecule has 1 amide bonds. The largest absolute Gasteiger partial charge is 0.338 e. The summed E-state index contributed by atoms with van der Waals surface area (Å²) in [7, 11) is -2.94. The molecule has 0 aromatic heterocycles. The first-order valence-electron chi connectivity index (χ1n) is 6.71. The van der Waals surface area contributed by atoms with Crippen molar-refractivity contribution in [2.45, 2.75) is 44.7 Å².